The van der Waals surface area contributed by atoms with Crippen molar-refractivity contribution in [2.24, 2.45) is 0 Å². The number of phenolic OH excluding ortho intramolecular Hbond substituents is 1. The molecule has 1 aromatic rings. The number of aromatic hydroxyl groups is 1. The van der Waals surface area contributed by atoms with Gasteiger partial charge in [0.1, 0.15) is 5.75 Å². The smallest absolute Gasteiger partial charge is 0.256 e. The molecule has 0 aliphatic carbocycles. The topological polar surface area (TPSA) is 37.3 Å². The Hall–Kier alpha value is -1.09. The number of alkyl halides is 1. The number of benzene rings is 1. The number of carbonyl (C=O) groups is 1. The molecule has 0 saturated heterocycles. The molecule has 0 amide bonds. The third-order valence-corrected chi connectivity index (χ3v) is 1.81. The highest BCUT2D eigenvalue weighted by molar-refractivity contribution is 6.64. The average molecular weight is 203 g/mol. The molecule has 1 N–H and O–H groups in total. The van der Waals surface area contributed by atoms with E-state index in [1.807, 2.05) is 0 Å². The molecule has 1 unspecified atom stereocenters. The summed E-state index contributed by atoms with van der Waals surface area (Å²) in [5.74, 6) is 0.0479. The van der Waals surface area contributed by atoms with Crippen LogP contribution in [0.15, 0.2) is 24.3 Å². The lowest BCUT2D eigenvalue weighted by Gasteiger charge is -2.02. The van der Waals surface area contributed by atoms with Gasteiger partial charge >= 0.3 is 0 Å². The van der Waals surface area contributed by atoms with E-state index in [0.717, 1.165) is 0 Å². The van der Waals surface area contributed by atoms with Gasteiger partial charge in [-0.05, 0) is 29.3 Å². The van der Waals surface area contributed by atoms with Crippen LogP contribution in [0.5, 0.6) is 5.75 Å². The minimum atomic E-state index is -1.71. The SMILES string of the molecule is O=C(Cl)C(F)Cc1cccc(O)c1. The van der Waals surface area contributed by atoms with Crippen molar-refractivity contribution < 1.29 is 14.3 Å². The monoisotopic (exact) mass is 202 g/mol. The van der Waals surface area contributed by atoms with Crippen LogP contribution in [-0.4, -0.2) is 16.5 Å². The van der Waals surface area contributed by atoms with Gasteiger partial charge in [0.25, 0.3) is 5.24 Å². The summed E-state index contributed by atoms with van der Waals surface area (Å²) in [7, 11) is 0. The van der Waals surface area contributed by atoms with Gasteiger partial charge in [0.05, 0.1) is 0 Å². The second kappa shape index (κ2) is 4.23. The first kappa shape index (κ1) is 9.99. The maximum atomic E-state index is 12.8. The predicted molar refractivity (Wildman–Crippen MR) is 47.6 cm³/mol. The van der Waals surface area contributed by atoms with E-state index in [1.165, 1.54) is 12.1 Å². The fourth-order valence-corrected chi connectivity index (χ4v) is 1.05. The van der Waals surface area contributed by atoms with Crippen molar-refractivity contribution in [2.45, 2.75) is 12.6 Å². The Bertz CT molecular complexity index is 314. The summed E-state index contributed by atoms with van der Waals surface area (Å²) < 4.78 is 12.8. The van der Waals surface area contributed by atoms with Crippen LogP contribution >= 0.6 is 11.6 Å². The Morgan fingerprint density at radius 1 is 1.62 bits per heavy atom. The first-order chi connectivity index (χ1) is 6.09. The van der Waals surface area contributed by atoms with Crippen molar-refractivity contribution in [3.63, 3.8) is 0 Å². The average Bonchev–Trinajstić information content (AvgIpc) is 2.04. The van der Waals surface area contributed by atoms with Crippen molar-refractivity contribution >= 4 is 16.8 Å². The molecule has 0 aromatic heterocycles. The Morgan fingerprint density at radius 2 is 2.31 bits per heavy atom. The van der Waals surface area contributed by atoms with E-state index in [9.17, 15) is 9.18 Å². The first-order valence-corrected chi connectivity index (χ1v) is 4.08. The van der Waals surface area contributed by atoms with Gasteiger partial charge in [-0.25, -0.2) is 4.39 Å². The highest BCUT2D eigenvalue weighted by atomic mass is 35.5. The molecule has 0 radical (unpaired) electrons. The summed E-state index contributed by atoms with van der Waals surface area (Å²) in [5, 5.41) is 8.01. The highest BCUT2D eigenvalue weighted by Gasteiger charge is 2.14. The Labute approximate surface area is 80.0 Å². The maximum absolute atomic E-state index is 12.8. The van der Waals surface area contributed by atoms with E-state index < -0.39 is 11.4 Å². The van der Waals surface area contributed by atoms with Crippen LogP contribution in [0.2, 0.25) is 0 Å². The fourth-order valence-electron chi connectivity index (χ4n) is 0.971. The zero-order valence-electron chi connectivity index (χ0n) is 6.71. The zero-order chi connectivity index (χ0) is 9.84. The van der Waals surface area contributed by atoms with E-state index in [2.05, 4.69) is 0 Å². The molecule has 1 atom stereocenters. The van der Waals surface area contributed by atoms with Crippen LogP contribution in [0.25, 0.3) is 0 Å². The molecule has 1 rings (SSSR count). The molecule has 0 saturated carbocycles. The molecule has 0 heterocycles. The van der Waals surface area contributed by atoms with Crippen LogP contribution in [0.3, 0.4) is 0 Å². The van der Waals surface area contributed by atoms with Crippen molar-refractivity contribution in [3.8, 4) is 5.75 Å². The molecular formula is C9H8ClFO2. The summed E-state index contributed by atoms with van der Waals surface area (Å²) in [5.41, 5.74) is 0.543. The van der Waals surface area contributed by atoms with Crippen molar-refractivity contribution in [1.29, 1.82) is 0 Å². The van der Waals surface area contributed by atoms with Gasteiger partial charge in [-0.15, -0.1) is 0 Å². The van der Waals surface area contributed by atoms with Crippen LogP contribution in [0, 0.1) is 0 Å². The second-order valence-corrected chi connectivity index (χ2v) is 3.02. The normalized spacial score (nSPS) is 12.5. The molecule has 0 bridgehead atoms. The molecule has 0 aliphatic heterocycles. The van der Waals surface area contributed by atoms with Crippen molar-refractivity contribution in [1.82, 2.24) is 0 Å². The molecule has 1 aromatic carbocycles. The number of halogens is 2. The van der Waals surface area contributed by atoms with Crippen LogP contribution in [0.1, 0.15) is 5.56 Å². The predicted octanol–water partition coefficient (Wildman–Crippen LogP) is 2.04. The lowest BCUT2D eigenvalue weighted by atomic mass is 10.1. The van der Waals surface area contributed by atoms with E-state index in [4.69, 9.17) is 16.7 Å². The van der Waals surface area contributed by atoms with Gasteiger partial charge in [0.15, 0.2) is 6.17 Å². The summed E-state index contributed by atoms with van der Waals surface area (Å²) in [4.78, 5) is 10.4. The summed E-state index contributed by atoms with van der Waals surface area (Å²) >= 11 is 4.94. The number of hydrogen-bond donors (Lipinski definition) is 1. The molecule has 0 aliphatic rings. The van der Waals surface area contributed by atoms with E-state index in [-0.39, 0.29) is 12.2 Å². The van der Waals surface area contributed by atoms with Gasteiger partial charge < -0.3 is 5.11 Å². The van der Waals surface area contributed by atoms with Gasteiger partial charge in [0, 0.05) is 6.42 Å². The van der Waals surface area contributed by atoms with Crippen LogP contribution < -0.4 is 0 Å². The third-order valence-electron chi connectivity index (χ3n) is 1.57. The molecule has 13 heavy (non-hydrogen) atoms. The molecular weight excluding hydrogens is 195 g/mol. The molecule has 0 fully saturated rings. The van der Waals surface area contributed by atoms with E-state index in [0.29, 0.717) is 5.56 Å². The lowest BCUT2D eigenvalue weighted by Crippen LogP contribution is -2.12. The van der Waals surface area contributed by atoms with E-state index >= 15 is 0 Å². The molecule has 70 valence electrons. The number of carbonyl (C=O) groups excluding carboxylic acids is 1. The maximum Gasteiger partial charge on any atom is 0.256 e. The Balaban J connectivity index is 2.69. The molecule has 4 heteroatoms. The Kier molecular flexibility index (Phi) is 3.25. The quantitative estimate of drug-likeness (QED) is 0.762. The number of hydrogen-bond acceptors (Lipinski definition) is 2. The summed E-state index contributed by atoms with van der Waals surface area (Å²) in [6, 6.07) is 6.06. The second-order valence-electron chi connectivity index (χ2n) is 2.65. The van der Waals surface area contributed by atoms with E-state index in [1.54, 1.807) is 12.1 Å². The lowest BCUT2D eigenvalue weighted by molar-refractivity contribution is -0.115. The van der Waals surface area contributed by atoms with Crippen LogP contribution in [-0.2, 0) is 11.2 Å². The van der Waals surface area contributed by atoms with Gasteiger partial charge in [-0.2, -0.15) is 0 Å². The summed E-state index contributed by atoms with van der Waals surface area (Å²) in [6.07, 6.45) is -1.81. The highest BCUT2D eigenvalue weighted by Crippen LogP contribution is 2.14. The fraction of sp³-hybridized carbons (Fsp3) is 0.222. The van der Waals surface area contributed by atoms with Crippen LogP contribution in [0.4, 0.5) is 4.39 Å². The standard InChI is InChI=1S/C9H8ClFO2/c10-9(13)8(11)5-6-2-1-3-7(12)4-6/h1-4,8,12H,5H2. The minimum absolute atomic E-state index is 0.0479. The number of phenols is 1. The molecule has 2 nitrogen and oxygen atoms in total. The number of rotatable bonds is 3. The van der Waals surface area contributed by atoms with Gasteiger partial charge in [-0.3, -0.25) is 4.79 Å². The minimum Gasteiger partial charge on any atom is -0.508 e. The first-order valence-electron chi connectivity index (χ1n) is 3.71. The van der Waals surface area contributed by atoms with Gasteiger partial charge in [-0.1, -0.05) is 12.1 Å². The van der Waals surface area contributed by atoms with Crippen molar-refractivity contribution in [3.05, 3.63) is 29.8 Å². The third kappa shape index (κ3) is 3.03. The van der Waals surface area contributed by atoms with Gasteiger partial charge in [0.2, 0.25) is 0 Å². The zero-order valence-corrected chi connectivity index (χ0v) is 7.46. The Morgan fingerprint density at radius 3 is 2.85 bits per heavy atom. The largest absolute Gasteiger partial charge is 0.508 e. The summed E-state index contributed by atoms with van der Waals surface area (Å²) in [6.45, 7) is 0. The molecule has 0 spiro atoms. The van der Waals surface area contributed by atoms with Crippen molar-refractivity contribution in [2.75, 3.05) is 0 Å².